The first-order valence-electron chi connectivity index (χ1n) is 13.8. The maximum absolute atomic E-state index is 12.3. The number of phenols is 1. The number of aliphatic hydroxyl groups excluding tert-OH is 2. The van der Waals surface area contributed by atoms with Gasteiger partial charge in [-0.1, -0.05) is 44.2 Å². The highest BCUT2D eigenvalue weighted by Crippen LogP contribution is 2.22. The first-order chi connectivity index (χ1) is 19.4. The predicted octanol–water partition coefficient (Wildman–Crippen LogP) is 4.12. The summed E-state index contributed by atoms with van der Waals surface area (Å²) < 4.78 is 11.5. The number of rotatable bonds is 17. The molecule has 0 aliphatic rings. The second-order valence-electron chi connectivity index (χ2n) is 10.2. The molecular weight excluding hydrogens is 508 g/mol. The zero-order valence-corrected chi connectivity index (χ0v) is 23.4. The Morgan fingerprint density at radius 3 is 2.50 bits per heavy atom. The Balaban J connectivity index is 1.30. The molecule has 0 heterocycles. The Labute approximate surface area is 237 Å². The normalized spacial score (nSPS) is 11.9. The number of aliphatic hydroxyl groups is 2. The predicted molar refractivity (Wildman–Crippen MR) is 155 cm³/mol. The fourth-order valence-electron chi connectivity index (χ4n) is 4.07. The van der Waals surface area contributed by atoms with Crippen molar-refractivity contribution < 1.29 is 29.6 Å². The standard InChI is InChI=1S/C32H42N2O6/c1-23(2)12-15-34-32(38)27-5-3-4-25(18-27)22-39-16-17-40-29-9-6-24(7-10-29)13-14-33-20-31(37)26-8-11-30(36)28(19-26)21-35/h3-11,18-19,23,31,33,35-37H,12-17,20-22H2,1-2H3,(H,34,38). The summed E-state index contributed by atoms with van der Waals surface area (Å²) >= 11 is 0. The lowest BCUT2D eigenvalue weighted by atomic mass is 10.1. The molecule has 0 spiro atoms. The molecule has 5 N–H and O–H groups in total. The van der Waals surface area contributed by atoms with Gasteiger partial charge in [0.05, 0.1) is 25.9 Å². The molecule has 0 fully saturated rings. The molecule has 0 aliphatic heterocycles. The maximum atomic E-state index is 12.3. The number of ether oxygens (including phenoxy) is 2. The summed E-state index contributed by atoms with van der Waals surface area (Å²) in [4.78, 5) is 12.3. The fourth-order valence-corrected chi connectivity index (χ4v) is 4.07. The Morgan fingerprint density at radius 1 is 0.950 bits per heavy atom. The van der Waals surface area contributed by atoms with Gasteiger partial charge < -0.3 is 35.4 Å². The third-order valence-electron chi connectivity index (χ3n) is 6.47. The molecule has 3 rings (SSSR count). The molecule has 1 atom stereocenters. The molecule has 0 saturated heterocycles. The van der Waals surface area contributed by atoms with E-state index in [0.29, 0.717) is 62.1 Å². The molecule has 8 nitrogen and oxygen atoms in total. The topological polar surface area (TPSA) is 120 Å². The Hall–Kier alpha value is -3.43. The van der Waals surface area contributed by atoms with E-state index >= 15 is 0 Å². The van der Waals surface area contributed by atoms with Gasteiger partial charge in [0.15, 0.2) is 0 Å². The molecule has 1 amide bonds. The van der Waals surface area contributed by atoms with Crippen LogP contribution in [0, 0.1) is 5.92 Å². The summed E-state index contributed by atoms with van der Waals surface area (Å²) in [5, 5.41) is 35.5. The number of nitrogens with one attached hydrogen (secondary N) is 2. The summed E-state index contributed by atoms with van der Waals surface area (Å²) in [6.45, 7) is 6.98. The summed E-state index contributed by atoms with van der Waals surface area (Å²) in [5.41, 5.74) is 3.77. The smallest absolute Gasteiger partial charge is 0.251 e. The summed E-state index contributed by atoms with van der Waals surface area (Å²) in [7, 11) is 0. The van der Waals surface area contributed by atoms with Crippen molar-refractivity contribution in [3.63, 3.8) is 0 Å². The Morgan fingerprint density at radius 2 is 1.75 bits per heavy atom. The zero-order chi connectivity index (χ0) is 28.7. The van der Waals surface area contributed by atoms with E-state index < -0.39 is 6.10 Å². The lowest BCUT2D eigenvalue weighted by Gasteiger charge is -2.14. The minimum atomic E-state index is -0.730. The molecule has 0 aromatic heterocycles. The van der Waals surface area contributed by atoms with E-state index in [1.54, 1.807) is 12.1 Å². The van der Waals surface area contributed by atoms with Gasteiger partial charge in [0.25, 0.3) is 5.91 Å². The van der Waals surface area contributed by atoms with Gasteiger partial charge in [-0.25, -0.2) is 0 Å². The monoisotopic (exact) mass is 550 g/mol. The van der Waals surface area contributed by atoms with Crippen molar-refractivity contribution in [2.45, 2.75) is 46.0 Å². The average molecular weight is 551 g/mol. The number of amides is 1. The number of hydrogen-bond acceptors (Lipinski definition) is 7. The van der Waals surface area contributed by atoms with Crippen molar-refractivity contribution in [1.29, 1.82) is 0 Å². The van der Waals surface area contributed by atoms with Gasteiger partial charge in [-0.05, 0) is 78.4 Å². The van der Waals surface area contributed by atoms with E-state index in [1.807, 2.05) is 48.5 Å². The maximum Gasteiger partial charge on any atom is 0.251 e. The first kappa shape index (κ1) is 31.1. The highest BCUT2D eigenvalue weighted by atomic mass is 16.5. The van der Waals surface area contributed by atoms with Gasteiger partial charge in [-0.3, -0.25) is 4.79 Å². The molecule has 40 heavy (non-hydrogen) atoms. The summed E-state index contributed by atoms with van der Waals surface area (Å²) in [5.74, 6) is 1.28. The fraction of sp³-hybridized carbons (Fsp3) is 0.406. The van der Waals surface area contributed by atoms with Crippen molar-refractivity contribution in [2.75, 3.05) is 32.8 Å². The molecule has 3 aromatic rings. The Kier molecular flexibility index (Phi) is 12.9. The quantitative estimate of drug-likeness (QED) is 0.160. The summed E-state index contributed by atoms with van der Waals surface area (Å²) in [6.07, 6.45) is 1.02. The molecule has 8 heteroatoms. The van der Waals surface area contributed by atoms with Crippen LogP contribution in [0.3, 0.4) is 0 Å². The van der Waals surface area contributed by atoms with Crippen molar-refractivity contribution in [2.24, 2.45) is 5.92 Å². The van der Waals surface area contributed by atoms with Crippen LogP contribution >= 0.6 is 0 Å². The highest BCUT2D eigenvalue weighted by Gasteiger charge is 2.10. The van der Waals surface area contributed by atoms with Crippen LogP contribution in [0.4, 0.5) is 0 Å². The lowest BCUT2D eigenvalue weighted by molar-refractivity contribution is 0.0886. The molecule has 216 valence electrons. The van der Waals surface area contributed by atoms with Crippen molar-refractivity contribution in [3.05, 3.63) is 94.5 Å². The number of hydrogen-bond donors (Lipinski definition) is 5. The third-order valence-corrected chi connectivity index (χ3v) is 6.47. The van der Waals surface area contributed by atoms with Crippen LogP contribution in [0.1, 0.15) is 59.0 Å². The average Bonchev–Trinajstić information content (AvgIpc) is 2.96. The number of benzene rings is 3. The van der Waals surface area contributed by atoms with E-state index in [4.69, 9.17) is 9.47 Å². The number of aromatic hydroxyl groups is 1. The third kappa shape index (κ3) is 10.6. The van der Waals surface area contributed by atoms with Crippen molar-refractivity contribution in [3.8, 4) is 11.5 Å². The highest BCUT2D eigenvalue weighted by molar-refractivity contribution is 5.94. The number of carbonyl (C=O) groups is 1. The van der Waals surface area contributed by atoms with Crippen LogP contribution in [-0.2, 0) is 24.4 Å². The van der Waals surface area contributed by atoms with Gasteiger partial charge in [0.2, 0.25) is 0 Å². The Bertz CT molecular complexity index is 1180. The van der Waals surface area contributed by atoms with E-state index in [2.05, 4.69) is 24.5 Å². The second-order valence-corrected chi connectivity index (χ2v) is 10.2. The van der Waals surface area contributed by atoms with E-state index in [1.165, 1.54) is 6.07 Å². The zero-order valence-electron chi connectivity index (χ0n) is 23.4. The molecule has 0 bridgehead atoms. The number of carbonyl (C=O) groups excluding carboxylic acids is 1. The molecular formula is C32H42N2O6. The molecule has 0 saturated carbocycles. The van der Waals surface area contributed by atoms with E-state index in [0.717, 1.165) is 29.7 Å². The van der Waals surface area contributed by atoms with Crippen LogP contribution < -0.4 is 15.4 Å². The lowest BCUT2D eigenvalue weighted by Crippen LogP contribution is -2.25. The van der Waals surface area contributed by atoms with Gasteiger partial charge in [-0.2, -0.15) is 0 Å². The van der Waals surface area contributed by atoms with Crippen molar-refractivity contribution >= 4 is 5.91 Å². The van der Waals surface area contributed by atoms with Crippen LogP contribution in [0.2, 0.25) is 0 Å². The van der Waals surface area contributed by atoms with Gasteiger partial charge in [0, 0.05) is 24.2 Å². The molecule has 3 aromatic carbocycles. The van der Waals surface area contributed by atoms with E-state index in [9.17, 15) is 20.1 Å². The van der Waals surface area contributed by atoms with Crippen LogP contribution in [0.25, 0.3) is 0 Å². The van der Waals surface area contributed by atoms with Gasteiger partial charge in [0.1, 0.15) is 18.1 Å². The second kappa shape index (κ2) is 16.6. The van der Waals surface area contributed by atoms with Gasteiger partial charge in [-0.15, -0.1) is 0 Å². The van der Waals surface area contributed by atoms with E-state index in [-0.39, 0.29) is 18.3 Å². The first-order valence-corrected chi connectivity index (χ1v) is 13.8. The molecule has 0 radical (unpaired) electrons. The van der Waals surface area contributed by atoms with Crippen LogP contribution in [-0.4, -0.2) is 54.1 Å². The van der Waals surface area contributed by atoms with Crippen LogP contribution in [0.15, 0.2) is 66.7 Å². The molecule has 1 unspecified atom stereocenters. The minimum Gasteiger partial charge on any atom is -0.508 e. The minimum absolute atomic E-state index is 0.0203. The van der Waals surface area contributed by atoms with Crippen LogP contribution in [0.5, 0.6) is 11.5 Å². The molecule has 0 aliphatic carbocycles. The van der Waals surface area contributed by atoms with Gasteiger partial charge >= 0.3 is 0 Å². The summed E-state index contributed by atoms with van der Waals surface area (Å²) in [6, 6.07) is 20.1. The largest absolute Gasteiger partial charge is 0.508 e. The van der Waals surface area contributed by atoms with Crippen molar-refractivity contribution in [1.82, 2.24) is 10.6 Å². The SMILES string of the molecule is CC(C)CCNC(=O)c1cccc(COCCOc2ccc(CCNCC(O)c3ccc(O)c(CO)c3)cc2)c1.